The smallest absolute Gasteiger partial charge is 0.351 e. The summed E-state index contributed by atoms with van der Waals surface area (Å²) in [4.78, 5) is 34.0. The second-order valence-corrected chi connectivity index (χ2v) is 9.99. The van der Waals surface area contributed by atoms with Gasteiger partial charge in [0.2, 0.25) is 5.91 Å². The number of carbonyl (C=O) groups excluding carboxylic acids is 1. The van der Waals surface area contributed by atoms with Gasteiger partial charge < -0.3 is 10.3 Å². The van der Waals surface area contributed by atoms with E-state index in [9.17, 15) is 22.8 Å². The fraction of sp³-hybridized carbons (Fsp3) is 0.480. The first-order valence-electron chi connectivity index (χ1n) is 11.8. The summed E-state index contributed by atoms with van der Waals surface area (Å²) in [5.41, 5.74) is 1.48. The van der Waals surface area contributed by atoms with Crippen LogP contribution in [0.5, 0.6) is 0 Å². The van der Waals surface area contributed by atoms with Gasteiger partial charge in [-0.15, -0.1) is 0 Å². The van der Waals surface area contributed by atoms with Crippen molar-refractivity contribution in [1.29, 1.82) is 0 Å². The van der Waals surface area contributed by atoms with Gasteiger partial charge in [-0.05, 0) is 54.6 Å². The van der Waals surface area contributed by atoms with Crippen molar-refractivity contribution in [1.82, 2.24) is 24.8 Å². The maximum Gasteiger partial charge on any atom is 0.417 e. The van der Waals surface area contributed by atoms with Gasteiger partial charge in [0.15, 0.2) is 0 Å². The van der Waals surface area contributed by atoms with Gasteiger partial charge in [0.25, 0.3) is 0 Å². The van der Waals surface area contributed by atoms with Gasteiger partial charge >= 0.3 is 11.9 Å². The Hall–Kier alpha value is -3.14. The Morgan fingerprint density at radius 3 is 2.77 bits per heavy atom. The van der Waals surface area contributed by atoms with E-state index in [4.69, 9.17) is 0 Å². The normalized spacial score (nSPS) is 21.0. The number of rotatable bonds is 7. The molecule has 2 aromatic heterocycles. The number of H-pyrrole nitrogens is 1. The average molecular weight is 488 g/mol. The molecule has 10 heteroatoms. The first-order valence-corrected chi connectivity index (χ1v) is 11.8. The molecule has 2 fully saturated rings. The van der Waals surface area contributed by atoms with Crippen molar-refractivity contribution in [2.75, 3.05) is 13.1 Å². The number of nitrogens with one attached hydrogen (secondary N) is 2. The molecule has 2 aliphatic rings. The van der Waals surface area contributed by atoms with Crippen LogP contribution in [0.25, 0.3) is 11.0 Å². The fourth-order valence-corrected chi connectivity index (χ4v) is 5.15. The van der Waals surface area contributed by atoms with E-state index in [0.29, 0.717) is 31.0 Å². The molecular formula is C25H28F3N5O2. The number of aromatic nitrogens is 3. The second-order valence-electron chi connectivity index (χ2n) is 9.99. The number of carbonyl (C=O) groups is 1. The van der Waals surface area contributed by atoms with Crippen molar-refractivity contribution in [3.8, 4) is 0 Å². The molecule has 1 saturated carbocycles. The van der Waals surface area contributed by atoms with Crippen LogP contribution in [0.3, 0.4) is 0 Å². The number of nitrogens with zero attached hydrogens (tertiary/aromatic N) is 3. The van der Waals surface area contributed by atoms with Gasteiger partial charge in [-0.25, -0.2) is 4.79 Å². The first-order chi connectivity index (χ1) is 16.6. The predicted octanol–water partition coefficient (Wildman–Crippen LogP) is 3.59. The van der Waals surface area contributed by atoms with E-state index in [1.54, 1.807) is 11.6 Å². The van der Waals surface area contributed by atoms with E-state index in [1.165, 1.54) is 6.20 Å². The minimum Gasteiger partial charge on any atom is -0.351 e. The van der Waals surface area contributed by atoms with Crippen LogP contribution in [0, 0.1) is 11.3 Å². The van der Waals surface area contributed by atoms with Gasteiger partial charge in [-0.1, -0.05) is 18.9 Å². The Bertz CT molecular complexity index is 1310. The topological polar surface area (TPSA) is 83.0 Å². The molecule has 1 amide bonds. The number of likely N-dealkylation sites (tertiary alicyclic amines) is 1. The zero-order valence-electron chi connectivity index (χ0n) is 19.5. The summed E-state index contributed by atoms with van der Waals surface area (Å²) in [6, 6.07) is 6.91. The highest BCUT2D eigenvalue weighted by molar-refractivity contribution is 5.83. The number of hydrogen-bond donors (Lipinski definition) is 2. The van der Waals surface area contributed by atoms with Crippen LogP contribution in [0.15, 0.2) is 41.5 Å². The highest BCUT2D eigenvalue weighted by Crippen LogP contribution is 2.45. The molecule has 186 valence electrons. The van der Waals surface area contributed by atoms with Crippen molar-refractivity contribution in [2.45, 2.75) is 44.9 Å². The molecule has 5 rings (SSSR count). The van der Waals surface area contributed by atoms with Gasteiger partial charge in [0.05, 0.1) is 22.0 Å². The van der Waals surface area contributed by atoms with Crippen molar-refractivity contribution in [3.63, 3.8) is 0 Å². The number of pyridine rings is 1. The lowest BCUT2D eigenvalue weighted by atomic mass is 9.80. The third kappa shape index (κ3) is 4.98. The monoisotopic (exact) mass is 487 g/mol. The molecule has 1 aliphatic heterocycles. The summed E-state index contributed by atoms with van der Waals surface area (Å²) in [6.45, 7) is 2.03. The molecular weight excluding hydrogens is 459 g/mol. The molecule has 0 spiro atoms. The molecule has 1 atom stereocenters. The molecule has 0 bridgehead atoms. The fourth-order valence-electron chi connectivity index (χ4n) is 5.15. The first kappa shape index (κ1) is 23.6. The minimum atomic E-state index is -4.47. The molecule has 2 N–H and O–H groups in total. The molecule has 1 aromatic carbocycles. The molecule has 3 heterocycles. The summed E-state index contributed by atoms with van der Waals surface area (Å²) in [5.74, 6) is 0.425. The molecule has 1 saturated heterocycles. The number of alkyl halides is 3. The zero-order chi connectivity index (χ0) is 24.8. The van der Waals surface area contributed by atoms with Crippen LogP contribution in [0.1, 0.15) is 42.4 Å². The molecule has 7 nitrogen and oxygen atoms in total. The standard InChI is InChI=1S/C25H28F3N5O2/c1-32-21-9-17(4-5-20(21)31-23(32)35)14-33-7-6-24(15-33,10-16-2-3-16)22(34)30-12-18-8-19(13-29-11-18)25(26,27)28/h4-5,8-9,11,13,16H,2-3,6-7,10,12,14-15H2,1H3,(H,30,34)(H,31,35). The number of fused-ring (bicyclic) bond motifs is 1. The lowest BCUT2D eigenvalue weighted by molar-refractivity contribution is -0.137. The third-order valence-corrected chi connectivity index (χ3v) is 7.24. The predicted molar refractivity (Wildman–Crippen MR) is 124 cm³/mol. The molecule has 35 heavy (non-hydrogen) atoms. The van der Waals surface area contributed by atoms with Crippen molar-refractivity contribution >= 4 is 16.9 Å². The summed E-state index contributed by atoms with van der Waals surface area (Å²) >= 11 is 0. The Balaban J connectivity index is 1.28. The second kappa shape index (κ2) is 8.82. The van der Waals surface area contributed by atoms with Crippen molar-refractivity contribution < 1.29 is 18.0 Å². The molecule has 1 unspecified atom stereocenters. The highest BCUT2D eigenvalue weighted by atomic mass is 19.4. The molecule has 0 radical (unpaired) electrons. The SMILES string of the molecule is Cn1c(=O)[nH]c2ccc(CN3CCC(CC4CC4)(C(=O)NCc4cncc(C(F)(F)F)c4)C3)cc21. The Morgan fingerprint density at radius 2 is 2.03 bits per heavy atom. The number of halogens is 3. The number of hydrogen-bond acceptors (Lipinski definition) is 4. The van der Waals surface area contributed by atoms with Crippen LogP contribution in [0.4, 0.5) is 13.2 Å². The van der Waals surface area contributed by atoms with Crippen molar-refractivity contribution in [2.24, 2.45) is 18.4 Å². The average Bonchev–Trinajstić information content (AvgIpc) is 3.47. The van der Waals surface area contributed by atoms with Crippen LogP contribution in [-0.2, 0) is 31.1 Å². The van der Waals surface area contributed by atoms with Gasteiger partial charge in [0, 0.05) is 39.1 Å². The maximum absolute atomic E-state index is 13.4. The van der Waals surface area contributed by atoms with E-state index >= 15 is 0 Å². The lowest BCUT2D eigenvalue weighted by Crippen LogP contribution is -2.43. The van der Waals surface area contributed by atoms with Crippen LogP contribution >= 0.6 is 0 Å². The van der Waals surface area contributed by atoms with Crippen LogP contribution in [-0.4, -0.2) is 38.4 Å². The summed E-state index contributed by atoms with van der Waals surface area (Å²) < 4.78 is 40.6. The van der Waals surface area contributed by atoms with E-state index < -0.39 is 17.2 Å². The zero-order valence-corrected chi connectivity index (χ0v) is 19.5. The van der Waals surface area contributed by atoms with Gasteiger partial charge in [0.1, 0.15) is 0 Å². The lowest BCUT2D eigenvalue weighted by Gasteiger charge is -2.28. The Morgan fingerprint density at radius 1 is 1.23 bits per heavy atom. The Kier molecular flexibility index (Phi) is 5.94. The quantitative estimate of drug-likeness (QED) is 0.534. The van der Waals surface area contributed by atoms with E-state index in [0.717, 1.165) is 54.7 Å². The summed E-state index contributed by atoms with van der Waals surface area (Å²) in [7, 11) is 1.73. The summed E-state index contributed by atoms with van der Waals surface area (Å²) in [5, 5.41) is 2.90. The van der Waals surface area contributed by atoms with Crippen molar-refractivity contribution in [3.05, 3.63) is 63.8 Å². The van der Waals surface area contributed by atoms with E-state index in [1.807, 2.05) is 18.2 Å². The number of benzene rings is 1. The van der Waals surface area contributed by atoms with Crippen LogP contribution in [0.2, 0.25) is 0 Å². The van der Waals surface area contributed by atoms with Gasteiger partial charge in [-0.3, -0.25) is 19.2 Å². The van der Waals surface area contributed by atoms with Crippen LogP contribution < -0.4 is 11.0 Å². The molecule has 3 aromatic rings. The number of aryl methyl sites for hydroxylation is 1. The number of amides is 1. The molecule has 1 aliphatic carbocycles. The van der Waals surface area contributed by atoms with E-state index in [-0.39, 0.29) is 18.1 Å². The highest BCUT2D eigenvalue weighted by Gasteiger charge is 2.47. The Labute approximate surface area is 200 Å². The minimum absolute atomic E-state index is 0.0142. The third-order valence-electron chi connectivity index (χ3n) is 7.24. The largest absolute Gasteiger partial charge is 0.417 e. The maximum atomic E-state index is 13.4. The van der Waals surface area contributed by atoms with Gasteiger partial charge in [-0.2, -0.15) is 13.2 Å². The number of imidazole rings is 1. The number of aromatic amines is 1. The van der Waals surface area contributed by atoms with E-state index in [2.05, 4.69) is 20.2 Å². The summed E-state index contributed by atoms with van der Waals surface area (Å²) in [6.07, 6.45) is 1.41.